The van der Waals surface area contributed by atoms with E-state index >= 15 is 0 Å². The summed E-state index contributed by atoms with van der Waals surface area (Å²) in [6.07, 6.45) is 0. The minimum atomic E-state index is -3.62. The highest BCUT2D eigenvalue weighted by molar-refractivity contribution is 7.89. The average molecular weight is 346 g/mol. The van der Waals surface area contributed by atoms with Crippen LogP contribution in [-0.4, -0.2) is 27.9 Å². The fraction of sp³-hybridized carbons (Fsp3) is 0.278. The van der Waals surface area contributed by atoms with Crippen molar-refractivity contribution < 1.29 is 13.2 Å². The fourth-order valence-corrected chi connectivity index (χ4v) is 3.38. The summed E-state index contributed by atoms with van der Waals surface area (Å²) in [6, 6.07) is 15.3. The number of carbonyl (C=O) groups excluding carboxylic acids is 1. The number of benzene rings is 2. The van der Waals surface area contributed by atoms with Crippen molar-refractivity contribution in [2.24, 2.45) is 5.92 Å². The number of hydrogen-bond donors (Lipinski definition) is 1. The van der Waals surface area contributed by atoms with Gasteiger partial charge in [0.1, 0.15) is 0 Å². The van der Waals surface area contributed by atoms with Gasteiger partial charge in [-0.25, -0.2) is 13.1 Å². The molecular weight excluding hydrogens is 324 g/mol. The second-order valence-corrected chi connectivity index (χ2v) is 7.74. The molecule has 0 radical (unpaired) electrons. The Morgan fingerprint density at radius 1 is 1.08 bits per heavy atom. The Morgan fingerprint density at radius 2 is 1.75 bits per heavy atom. The van der Waals surface area contributed by atoms with E-state index in [4.69, 9.17) is 0 Å². The fourth-order valence-electron chi connectivity index (χ4n) is 2.12. The number of anilines is 1. The number of rotatable bonds is 6. The Bertz CT molecular complexity index is 802. The normalized spacial score (nSPS) is 11.5. The molecule has 0 bridgehead atoms. The molecule has 5 nitrogen and oxygen atoms in total. The summed E-state index contributed by atoms with van der Waals surface area (Å²) >= 11 is 0. The molecule has 2 rings (SSSR count). The lowest BCUT2D eigenvalue weighted by Crippen LogP contribution is -2.29. The van der Waals surface area contributed by atoms with E-state index < -0.39 is 10.0 Å². The van der Waals surface area contributed by atoms with E-state index in [1.54, 1.807) is 19.2 Å². The highest BCUT2D eigenvalue weighted by Crippen LogP contribution is 2.17. The SMILES string of the molecule is CC(C)CNS(=O)(=O)c1cccc(C(=O)N(C)c2ccccc2)c1. The molecule has 0 aromatic heterocycles. The first-order chi connectivity index (χ1) is 11.3. The molecule has 0 aliphatic heterocycles. The van der Waals surface area contributed by atoms with Gasteiger partial charge < -0.3 is 4.90 Å². The molecule has 0 aliphatic rings. The molecule has 0 heterocycles. The Kier molecular flexibility index (Phi) is 5.75. The Balaban J connectivity index is 2.25. The van der Waals surface area contributed by atoms with Crippen molar-refractivity contribution >= 4 is 21.6 Å². The van der Waals surface area contributed by atoms with Crippen LogP contribution in [0, 0.1) is 5.92 Å². The zero-order valence-electron chi connectivity index (χ0n) is 14.1. The first-order valence-electron chi connectivity index (χ1n) is 7.74. The second kappa shape index (κ2) is 7.59. The van der Waals surface area contributed by atoms with E-state index in [0.717, 1.165) is 5.69 Å². The summed E-state index contributed by atoms with van der Waals surface area (Å²) in [4.78, 5) is 14.2. The zero-order chi connectivity index (χ0) is 17.7. The maximum absolute atomic E-state index is 12.6. The van der Waals surface area contributed by atoms with Gasteiger partial charge in [0.2, 0.25) is 10.0 Å². The van der Waals surface area contributed by atoms with Gasteiger partial charge in [0, 0.05) is 24.8 Å². The van der Waals surface area contributed by atoms with Gasteiger partial charge in [0.25, 0.3) is 5.91 Å². The van der Waals surface area contributed by atoms with E-state index in [1.165, 1.54) is 17.0 Å². The molecule has 0 spiro atoms. The Labute approximate surface area is 143 Å². The molecule has 2 aromatic carbocycles. The summed E-state index contributed by atoms with van der Waals surface area (Å²) in [6.45, 7) is 4.21. The van der Waals surface area contributed by atoms with E-state index in [1.807, 2.05) is 44.2 Å². The average Bonchev–Trinajstić information content (AvgIpc) is 2.59. The predicted octanol–water partition coefficient (Wildman–Crippen LogP) is 2.90. The van der Waals surface area contributed by atoms with Crippen LogP contribution in [0.2, 0.25) is 0 Å². The standard InChI is InChI=1S/C18H22N2O3S/c1-14(2)13-19-24(22,23)17-11-7-8-15(12-17)18(21)20(3)16-9-5-4-6-10-16/h4-12,14,19H,13H2,1-3H3. The first-order valence-corrected chi connectivity index (χ1v) is 9.22. The van der Waals surface area contributed by atoms with Gasteiger partial charge in [0.05, 0.1) is 4.90 Å². The minimum Gasteiger partial charge on any atom is -0.311 e. The predicted molar refractivity (Wildman–Crippen MR) is 95.6 cm³/mol. The molecule has 128 valence electrons. The van der Waals surface area contributed by atoms with Crippen molar-refractivity contribution in [1.29, 1.82) is 0 Å². The monoisotopic (exact) mass is 346 g/mol. The molecule has 24 heavy (non-hydrogen) atoms. The summed E-state index contributed by atoms with van der Waals surface area (Å²) in [5.74, 6) is -0.0593. The second-order valence-electron chi connectivity index (χ2n) is 5.97. The summed E-state index contributed by atoms with van der Waals surface area (Å²) < 4.78 is 27.2. The summed E-state index contributed by atoms with van der Waals surface area (Å²) in [5, 5.41) is 0. The van der Waals surface area contributed by atoms with E-state index in [2.05, 4.69) is 4.72 Å². The number of sulfonamides is 1. The number of amides is 1. The smallest absolute Gasteiger partial charge is 0.258 e. The quantitative estimate of drug-likeness (QED) is 0.874. The molecule has 0 atom stereocenters. The van der Waals surface area contributed by atoms with Crippen LogP contribution in [0.1, 0.15) is 24.2 Å². The van der Waals surface area contributed by atoms with Crippen LogP contribution in [0.15, 0.2) is 59.5 Å². The van der Waals surface area contributed by atoms with Crippen LogP contribution in [-0.2, 0) is 10.0 Å². The number of nitrogens with one attached hydrogen (secondary N) is 1. The Morgan fingerprint density at radius 3 is 2.38 bits per heavy atom. The van der Waals surface area contributed by atoms with E-state index in [9.17, 15) is 13.2 Å². The molecular formula is C18H22N2O3S. The van der Waals surface area contributed by atoms with Crippen LogP contribution in [0.4, 0.5) is 5.69 Å². The largest absolute Gasteiger partial charge is 0.311 e. The third kappa shape index (κ3) is 4.43. The maximum Gasteiger partial charge on any atom is 0.258 e. The van der Waals surface area contributed by atoms with Gasteiger partial charge in [-0.2, -0.15) is 0 Å². The summed E-state index contributed by atoms with van der Waals surface area (Å²) in [7, 11) is -1.96. The van der Waals surface area contributed by atoms with E-state index in [-0.39, 0.29) is 16.7 Å². The van der Waals surface area contributed by atoms with Crippen LogP contribution in [0.25, 0.3) is 0 Å². The molecule has 0 unspecified atom stereocenters. The molecule has 0 fully saturated rings. The third-order valence-corrected chi connectivity index (χ3v) is 4.94. The minimum absolute atomic E-state index is 0.0930. The molecule has 1 N–H and O–H groups in total. The molecule has 0 aliphatic carbocycles. The van der Waals surface area contributed by atoms with Gasteiger partial charge >= 0.3 is 0 Å². The van der Waals surface area contributed by atoms with Gasteiger partial charge in [-0.3, -0.25) is 4.79 Å². The van der Waals surface area contributed by atoms with Gasteiger partial charge in [-0.05, 0) is 36.2 Å². The number of carbonyl (C=O) groups is 1. The number of nitrogens with zero attached hydrogens (tertiary/aromatic N) is 1. The molecule has 2 aromatic rings. The topological polar surface area (TPSA) is 66.5 Å². The highest BCUT2D eigenvalue weighted by Gasteiger charge is 2.18. The van der Waals surface area contributed by atoms with Crippen LogP contribution in [0.5, 0.6) is 0 Å². The van der Waals surface area contributed by atoms with Crippen molar-refractivity contribution in [2.75, 3.05) is 18.5 Å². The maximum atomic E-state index is 12.6. The number of hydrogen-bond acceptors (Lipinski definition) is 3. The third-order valence-electron chi connectivity index (χ3n) is 3.52. The molecule has 1 amide bonds. The first kappa shape index (κ1) is 18.2. The highest BCUT2D eigenvalue weighted by atomic mass is 32.2. The lowest BCUT2D eigenvalue weighted by Gasteiger charge is -2.18. The van der Waals surface area contributed by atoms with Crippen molar-refractivity contribution in [1.82, 2.24) is 4.72 Å². The van der Waals surface area contributed by atoms with Gasteiger partial charge in [-0.1, -0.05) is 38.1 Å². The Hall–Kier alpha value is -2.18. The van der Waals surface area contributed by atoms with Crippen LogP contribution >= 0.6 is 0 Å². The summed E-state index contributed by atoms with van der Waals surface area (Å²) in [5.41, 5.74) is 1.07. The van der Waals surface area contributed by atoms with Crippen LogP contribution < -0.4 is 9.62 Å². The van der Waals surface area contributed by atoms with Crippen molar-refractivity contribution in [2.45, 2.75) is 18.7 Å². The molecule has 0 saturated heterocycles. The lowest BCUT2D eigenvalue weighted by atomic mass is 10.2. The van der Waals surface area contributed by atoms with Crippen molar-refractivity contribution in [3.8, 4) is 0 Å². The molecule has 6 heteroatoms. The van der Waals surface area contributed by atoms with Crippen molar-refractivity contribution in [3.05, 3.63) is 60.2 Å². The molecule has 0 saturated carbocycles. The van der Waals surface area contributed by atoms with Crippen LogP contribution in [0.3, 0.4) is 0 Å². The lowest BCUT2D eigenvalue weighted by molar-refractivity contribution is 0.0993. The zero-order valence-corrected chi connectivity index (χ0v) is 14.9. The van der Waals surface area contributed by atoms with Gasteiger partial charge in [-0.15, -0.1) is 0 Å². The van der Waals surface area contributed by atoms with E-state index in [0.29, 0.717) is 12.1 Å². The van der Waals surface area contributed by atoms with Gasteiger partial charge in [0.15, 0.2) is 0 Å². The van der Waals surface area contributed by atoms with Crippen molar-refractivity contribution in [3.63, 3.8) is 0 Å². The number of para-hydroxylation sites is 1.